The van der Waals surface area contributed by atoms with Crippen molar-refractivity contribution in [3.63, 3.8) is 0 Å². The zero-order valence-electron chi connectivity index (χ0n) is 13.4. The third kappa shape index (κ3) is 4.10. The second kappa shape index (κ2) is 7.42. The Morgan fingerprint density at radius 2 is 2.12 bits per heavy atom. The van der Waals surface area contributed by atoms with Gasteiger partial charge < -0.3 is 20.5 Å². The van der Waals surface area contributed by atoms with E-state index in [4.69, 9.17) is 4.74 Å². The Morgan fingerprint density at radius 3 is 2.88 bits per heavy atom. The third-order valence-corrected chi connectivity index (χ3v) is 4.04. The first-order valence-electron chi connectivity index (χ1n) is 7.99. The monoisotopic (exact) mass is 327 g/mol. The highest BCUT2D eigenvalue weighted by Gasteiger charge is 2.38. The summed E-state index contributed by atoms with van der Waals surface area (Å²) >= 11 is 0. The van der Waals surface area contributed by atoms with Gasteiger partial charge in [0.1, 0.15) is 6.61 Å². The molecule has 24 heavy (non-hydrogen) atoms. The number of aromatic nitrogens is 1. The maximum atomic E-state index is 12.1. The molecule has 1 amide bonds. The van der Waals surface area contributed by atoms with E-state index in [1.165, 1.54) is 0 Å². The molecule has 2 aromatic rings. The third-order valence-electron chi connectivity index (χ3n) is 4.04. The molecule has 126 valence electrons. The van der Waals surface area contributed by atoms with E-state index in [9.17, 15) is 9.90 Å². The van der Waals surface area contributed by atoms with E-state index in [2.05, 4.69) is 15.6 Å². The van der Waals surface area contributed by atoms with E-state index in [0.717, 1.165) is 11.1 Å². The molecule has 1 aliphatic heterocycles. The maximum absolute atomic E-state index is 12.1. The number of benzene rings is 1. The highest BCUT2D eigenvalue weighted by Crippen LogP contribution is 2.15. The molecule has 0 bridgehead atoms. The maximum Gasteiger partial charge on any atom is 0.253 e. The molecule has 6 nitrogen and oxygen atoms in total. The molecule has 1 aromatic heterocycles. The molecule has 6 heteroatoms. The summed E-state index contributed by atoms with van der Waals surface area (Å²) < 4.78 is 5.68. The number of nitrogens with zero attached hydrogens (tertiary/aromatic N) is 1. The molecule has 0 aliphatic carbocycles. The van der Waals surface area contributed by atoms with E-state index < -0.39 is 5.60 Å². The first-order chi connectivity index (χ1) is 11.7. The van der Waals surface area contributed by atoms with Gasteiger partial charge in [0.05, 0.1) is 0 Å². The fourth-order valence-electron chi connectivity index (χ4n) is 2.59. The van der Waals surface area contributed by atoms with Gasteiger partial charge in [-0.2, -0.15) is 0 Å². The van der Waals surface area contributed by atoms with Crippen LogP contribution in [-0.4, -0.2) is 34.7 Å². The first-order valence-corrected chi connectivity index (χ1v) is 7.99. The molecule has 0 spiro atoms. The zero-order valence-corrected chi connectivity index (χ0v) is 13.4. The summed E-state index contributed by atoms with van der Waals surface area (Å²) in [6, 6.07) is 13.5. The van der Waals surface area contributed by atoms with Crippen molar-refractivity contribution < 1.29 is 14.6 Å². The largest absolute Gasteiger partial charge is 0.473 e. The van der Waals surface area contributed by atoms with Crippen molar-refractivity contribution in [1.29, 1.82) is 0 Å². The van der Waals surface area contributed by atoms with Crippen molar-refractivity contribution in [3.05, 3.63) is 59.8 Å². The first kappa shape index (κ1) is 16.4. The van der Waals surface area contributed by atoms with Crippen molar-refractivity contribution in [1.82, 2.24) is 15.6 Å². The van der Waals surface area contributed by atoms with Gasteiger partial charge in [-0.1, -0.05) is 30.3 Å². The van der Waals surface area contributed by atoms with Gasteiger partial charge in [0.25, 0.3) is 5.91 Å². The Morgan fingerprint density at radius 1 is 1.29 bits per heavy atom. The number of amides is 1. The number of ether oxygens (including phenoxy) is 1. The number of aliphatic hydroxyl groups is 1. The van der Waals surface area contributed by atoms with Crippen molar-refractivity contribution in [3.8, 4) is 5.88 Å². The number of nitrogens with one attached hydrogen (secondary N) is 2. The number of carbonyl (C=O) groups excluding carboxylic acids is 1. The summed E-state index contributed by atoms with van der Waals surface area (Å²) in [6.45, 7) is 1.71. The molecule has 2 heterocycles. The van der Waals surface area contributed by atoms with Crippen LogP contribution in [0.1, 0.15) is 17.5 Å². The standard InChI is InChI=1S/C18H21N3O3/c22-17(18(23)7-9-19-13-18)21-11-15-6-8-20-16(10-15)24-12-14-4-2-1-3-5-14/h1-6,8,10,19,23H,7,9,11-13H2,(H,21,22). The highest BCUT2D eigenvalue weighted by atomic mass is 16.5. The molecule has 3 N–H and O–H groups in total. The van der Waals surface area contributed by atoms with Gasteiger partial charge in [0.2, 0.25) is 5.88 Å². The fraction of sp³-hybridized carbons (Fsp3) is 0.333. The molecule has 1 aliphatic rings. The molecule has 0 saturated carbocycles. The quantitative estimate of drug-likeness (QED) is 0.737. The summed E-state index contributed by atoms with van der Waals surface area (Å²) in [5.74, 6) is 0.155. The van der Waals surface area contributed by atoms with Crippen LogP contribution in [0.25, 0.3) is 0 Å². The Hall–Kier alpha value is -2.44. The minimum Gasteiger partial charge on any atom is -0.473 e. The molecule has 1 atom stereocenters. The van der Waals surface area contributed by atoms with Crippen LogP contribution in [0.3, 0.4) is 0 Å². The predicted octanol–water partition coefficient (Wildman–Crippen LogP) is 1.00. The Bertz CT molecular complexity index is 685. The lowest BCUT2D eigenvalue weighted by Crippen LogP contribution is -2.48. The molecule has 1 fully saturated rings. The van der Waals surface area contributed by atoms with Crippen molar-refractivity contribution in [2.75, 3.05) is 13.1 Å². The Balaban J connectivity index is 1.54. The molecule has 1 saturated heterocycles. The van der Waals surface area contributed by atoms with Crippen LogP contribution in [0.4, 0.5) is 0 Å². The van der Waals surface area contributed by atoms with Gasteiger partial charge in [-0.25, -0.2) is 4.98 Å². The van der Waals surface area contributed by atoms with Crippen molar-refractivity contribution in [2.24, 2.45) is 0 Å². The normalized spacial score (nSPS) is 19.9. The molecule has 1 unspecified atom stereocenters. The zero-order chi connectivity index (χ0) is 16.8. The smallest absolute Gasteiger partial charge is 0.253 e. The highest BCUT2D eigenvalue weighted by molar-refractivity contribution is 5.85. The number of hydrogen-bond acceptors (Lipinski definition) is 5. The van der Waals surface area contributed by atoms with Crippen LogP contribution >= 0.6 is 0 Å². The number of hydrogen-bond donors (Lipinski definition) is 3. The van der Waals surface area contributed by atoms with Gasteiger partial charge in [0, 0.05) is 25.4 Å². The number of rotatable bonds is 6. The summed E-state index contributed by atoms with van der Waals surface area (Å²) in [5.41, 5.74) is 0.629. The van der Waals surface area contributed by atoms with Gasteiger partial charge in [0.15, 0.2) is 5.60 Å². The van der Waals surface area contributed by atoms with Crippen LogP contribution < -0.4 is 15.4 Å². The molecular formula is C18H21N3O3. The van der Waals surface area contributed by atoms with Crippen LogP contribution in [0.5, 0.6) is 5.88 Å². The van der Waals surface area contributed by atoms with Crippen LogP contribution in [0, 0.1) is 0 Å². The van der Waals surface area contributed by atoms with Crippen LogP contribution in [0.2, 0.25) is 0 Å². The van der Waals surface area contributed by atoms with E-state index in [0.29, 0.717) is 38.5 Å². The Kier molecular flexibility index (Phi) is 5.08. The lowest BCUT2D eigenvalue weighted by Gasteiger charge is -2.20. The summed E-state index contributed by atoms with van der Waals surface area (Å²) in [6.07, 6.45) is 2.08. The minimum atomic E-state index is -1.31. The predicted molar refractivity (Wildman–Crippen MR) is 89.3 cm³/mol. The van der Waals surface area contributed by atoms with Gasteiger partial charge in [-0.3, -0.25) is 4.79 Å². The van der Waals surface area contributed by atoms with Gasteiger partial charge >= 0.3 is 0 Å². The van der Waals surface area contributed by atoms with Gasteiger partial charge in [-0.15, -0.1) is 0 Å². The van der Waals surface area contributed by atoms with Gasteiger partial charge in [-0.05, 0) is 30.2 Å². The average molecular weight is 327 g/mol. The van der Waals surface area contributed by atoms with Crippen LogP contribution in [0.15, 0.2) is 48.7 Å². The molecule has 1 aromatic carbocycles. The summed E-state index contributed by atoms with van der Waals surface area (Å²) in [5, 5.41) is 16.0. The SMILES string of the molecule is O=C(NCc1ccnc(OCc2ccccc2)c1)C1(O)CCNC1. The second-order valence-electron chi connectivity index (χ2n) is 5.92. The average Bonchev–Trinajstić information content (AvgIpc) is 3.07. The van der Waals surface area contributed by atoms with Crippen molar-refractivity contribution >= 4 is 5.91 Å². The minimum absolute atomic E-state index is 0.292. The lowest BCUT2D eigenvalue weighted by atomic mass is 10.0. The van der Waals surface area contributed by atoms with E-state index in [-0.39, 0.29) is 5.91 Å². The molecular weight excluding hydrogens is 306 g/mol. The number of β-amino-alcohol motifs (C(OH)–C–C–N with tert-alkyl or cyclic N) is 1. The summed E-state index contributed by atoms with van der Waals surface area (Å²) in [4.78, 5) is 16.3. The lowest BCUT2D eigenvalue weighted by molar-refractivity contribution is -0.138. The number of carbonyl (C=O) groups is 1. The van der Waals surface area contributed by atoms with E-state index >= 15 is 0 Å². The molecule has 3 rings (SSSR count). The topological polar surface area (TPSA) is 83.5 Å². The van der Waals surface area contributed by atoms with Crippen LogP contribution in [-0.2, 0) is 17.9 Å². The molecule has 0 radical (unpaired) electrons. The van der Waals surface area contributed by atoms with E-state index in [1.807, 2.05) is 36.4 Å². The van der Waals surface area contributed by atoms with Crippen molar-refractivity contribution in [2.45, 2.75) is 25.2 Å². The number of pyridine rings is 1. The van der Waals surface area contributed by atoms with E-state index in [1.54, 1.807) is 12.3 Å². The Labute approximate surface area is 140 Å². The second-order valence-corrected chi connectivity index (χ2v) is 5.92. The summed E-state index contributed by atoms with van der Waals surface area (Å²) in [7, 11) is 0. The fourth-order valence-corrected chi connectivity index (χ4v) is 2.59.